The predicted molar refractivity (Wildman–Crippen MR) is 61.4 cm³/mol. The summed E-state index contributed by atoms with van der Waals surface area (Å²) in [5.41, 5.74) is -0.0142. The van der Waals surface area contributed by atoms with E-state index in [9.17, 15) is 5.11 Å². The highest BCUT2D eigenvalue weighted by atomic mass is 16.3. The largest absolute Gasteiger partial charge is 0.390 e. The minimum atomic E-state index is -0.299. The quantitative estimate of drug-likeness (QED) is 0.648. The Bertz CT molecular complexity index is 262. The third-order valence-corrected chi connectivity index (χ3v) is 5.21. The van der Waals surface area contributed by atoms with Gasteiger partial charge in [-0.2, -0.15) is 0 Å². The van der Waals surface area contributed by atoms with E-state index in [0.29, 0.717) is 5.92 Å². The molecule has 4 aliphatic rings. The van der Waals surface area contributed by atoms with E-state index in [1.54, 1.807) is 0 Å². The third kappa shape index (κ3) is 1.39. The van der Waals surface area contributed by atoms with Crippen molar-refractivity contribution < 1.29 is 5.11 Å². The summed E-state index contributed by atoms with van der Waals surface area (Å²) < 4.78 is 0. The summed E-state index contributed by atoms with van der Waals surface area (Å²) in [5.74, 6) is 3.08. The van der Waals surface area contributed by atoms with Crippen LogP contribution in [0.15, 0.2) is 0 Å². The predicted octanol–water partition coefficient (Wildman–Crippen LogP) is 3.22. The highest BCUT2D eigenvalue weighted by Gasteiger charge is 2.59. The Morgan fingerprint density at radius 2 is 1.53 bits per heavy atom. The lowest BCUT2D eigenvalue weighted by molar-refractivity contribution is -0.200. The zero-order valence-corrected chi connectivity index (χ0v) is 10.3. The van der Waals surface area contributed by atoms with Crippen LogP contribution in [0.4, 0.5) is 0 Å². The van der Waals surface area contributed by atoms with Crippen LogP contribution in [0.5, 0.6) is 0 Å². The molecule has 4 saturated carbocycles. The van der Waals surface area contributed by atoms with E-state index in [4.69, 9.17) is 0 Å². The van der Waals surface area contributed by atoms with Gasteiger partial charge in [0, 0.05) is 0 Å². The first-order chi connectivity index (χ1) is 6.88. The Morgan fingerprint density at radius 3 is 1.93 bits per heavy atom. The van der Waals surface area contributed by atoms with Crippen LogP contribution in [0.25, 0.3) is 0 Å². The molecule has 4 aliphatic carbocycles. The molecule has 15 heavy (non-hydrogen) atoms. The van der Waals surface area contributed by atoms with Gasteiger partial charge >= 0.3 is 0 Å². The van der Waals surface area contributed by atoms with E-state index in [1.165, 1.54) is 19.3 Å². The van der Waals surface area contributed by atoms with Crippen molar-refractivity contribution in [3.05, 3.63) is 0 Å². The molecule has 0 radical (unpaired) electrons. The average molecular weight is 208 g/mol. The molecule has 0 aliphatic heterocycles. The Hall–Kier alpha value is -0.0400. The van der Waals surface area contributed by atoms with Gasteiger partial charge < -0.3 is 5.11 Å². The fourth-order valence-electron chi connectivity index (χ4n) is 5.51. The molecule has 0 amide bonds. The van der Waals surface area contributed by atoms with Gasteiger partial charge in [-0.05, 0) is 61.2 Å². The van der Waals surface area contributed by atoms with Crippen LogP contribution in [-0.2, 0) is 0 Å². The average Bonchev–Trinajstić information content (AvgIpc) is 1.94. The van der Waals surface area contributed by atoms with Gasteiger partial charge in [0.05, 0.1) is 5.60 Å². The summed E-state index contributed by atoms with van der Waals surface area (Å²) in [6.45, 7) is 6.95. The minimum Gasteiger partial charge on any atom is -0.390 e. The normalized spacial score (nSPS) is 53.6. The topological polar surface area (TPSA) is 20.2 Å². The lowest BCUT2D eigenvalue weighted by atomic mass is 9.45. The van der Waals surface area contributed by atoms with Gasteiger partial charge in [-0.3, -0.25) is 0 Å². The van der Waals surface area contributed by atoms with Gasteiger partial charge in [0.1, 0.15) is 0 Å². The van der Waals surface area contributed by atoms with E-state index < -0.39 is 0 Å². The zero-order chi connectivity index (χ0) is 10.8. The summed E-state index contributed by atoms with van der Waals surface area (Å²) in [5, 5.41) is 10.9. The highest BCUT2D eigenvalue weighted by Crippen LogP contribution is 2.62. The molecule has 0 aromatic heterocycles. The van der Waals surface area contributed by atoms with E-state index >= 15 is 0 Å². The third-order valence-electron chi connectivity index (χ3n) is 5.21. The SMILES string of the molecule is CC(C)(C)C1C2CC3C[C@@H](C2)CC1(O)C3. The maximum Gasteiger partial charge on any atom is 0.0688 e. The fourth-order valence-corrected chi connectivity index (χ4v) is 5.51. The molecule has 5 atom stereocenters. The molecule has 86 valence electrons. The van der Waals surface area contributed by atoms with Crippen molar-refractivity contribution in [2.75, 3.05) is 0 Å². The molecule has 4 bridgehead atoms. The molecule has 1 nitrogen and oxygen atoms in total. The molecule has 4 fully saturated rings. The molecular weight excluding hydrogens is 184 g/mol. The molecule has 1 N–H and O–H groups in total. The second-order valence-electron chi connectivity index (χ2n) is 7.55. The Kier molecular flexibility index (Phi) is 1.89. The number of hydrogen-bond acceptors (Lipinski definition) is 1. The Morgan fingerprint density at radius 1 is 1.00 bits per heavy atom. The first-order valence-corrected chi connectivity index (χ1v) is 6.61. The molecule has 4 rings (SSSR count). The van der Waals surface area contributed by atoms with Crippen molar-refractivity contribution in [2.24, 2.45) is 29.1 Å². The summed E-state index contributed by atoms with van der Waals surface area (Å²) in [6.07, 6.45) is 6.42. The minimum absolute atomic E-state index is 0.284. The Balaban J connectivity index is 1.96. The van der Waals surface area contributed by atoms with Crippen LogP contribution in [-0.4, -0.2) is 10.7 Å². The molecule has 0 spiro atoms. The Labute approximate surface area is 93.3 Å². The molecule has 0 aromatic carbocycles. The van der Waals surface area contributed by atoms with Crippen molar-refractivity contribution in [1.29, 1.82) is 0 Å². The second kappa shape index (κ2) is 2.80. The molecule has 0 heterocycles. The lowest BCUT2D eigenvalue weighted by Crippen LogP contribution is -2.60. The fraction of sp³-hybridized carbons (Fsp3) is 1.00. The molecule has 0 aromatic rings. The maximum absolute atomic E-state index is 10.9. The molecule has 4 unspecified atom stereocenters. The van der Waals surface area contributed by atoms with E-state index in [2.05, 4.69) is 20.8 Å². The van der Waals surface area contributed by atoms with Crippen molar-refractivity contribution in [1.82, 2.24) is 0 Å². The number of hydrogen-bond donors (Lipinski definition) is 1. The maximum atomic E-state index is 10.9. The van der Waals surface area contributed by atoms with Gasteiger partial charge in [-0.1, -0.05) is 20.8 Å². The second-order valence-corrected chi connectivity index (χ2v) is 7.55. The monoisotopic (exact) mass is 208 g/mol. The summed E-state index contributed by atoms with van der Waals surface area (Å²) in [4.78, 5) is 0. The molecular formula is C14H24O. The number of aliphatic hydroxyl groups is 1. The van der Waals surface area contributed by atoms with E-state index in [0.717, 1.165) is 30.6 Å². The summed E-state index contributed by atoms with van der Waals surface area (Å²) >= 11 is 0. The van der Waals surface area contributed by atoms with E-state index in [1.807, 2.05) is 0 Å². The van der Waals surface area contributed by atoms with Crippen LogP contribution >= 0.6 is 0 Å². The van der Waals surface area contributed by atoms with Gasteiger partial charge in [0.25, 0.3) is 0 Å². The lowest BCUT2D eigenvalue weighted by Gasteiger charge is -2.62. The van der Waals surface area contributed by atoms with Gasteiger partial charge in [0.2, 0.25) is 0 Å². The number of rotatable bonds is 0. The first-order valence-electron chi connectivity index (χ1n) is 6.61. The zero-order valence-electron chi connectivity index (χ0n) is 10.3. The van der Waals surface area contributed by atoms with Crippen LogP contribution in [0, 0.1) is 29.1 Å². The van der Waals surface area contributed by atoms with Crippen molar-refractivity contribution in [3.8, 4) is 0 Å². The molecule has 1 heteroatoms. The van der Waals surface area contributed by atoms with Crippen LogP contribution < -0.4 is 0 Å². The van der Waals surface area contributed by atoms with Gasteiger partial charge in [-0.25, -0.2) is 0 Å². The summed E-state index contributed by atoms with van der Waals surface area (Å²) in [6, 6.07) is 0. The van der Waals surface area contributed by atoms with Crippen LogP contribution in [0.3, 0.4) is 0 Å². The first kappa shape index (κ1) is 10.1. The smallest absolute Gasteiger partial charge is 0.0688 e. The highest BCUT2D eigenvalue weighted by molar-refractivity contribution is 5.09. The van der Waals surface area contributed by atoms with Crippen molar-refractivity contribution in [3.63, 3.8) is 0 Å². The summed E-state index contributed by atoms with van der Waals surface area (Å²) in [7, 11) is 0. The van der Waals surface area contributed by atoms with E-state index in [-0.39, 0.29) is 11.0 Å². The van der Waals surface area contributed by atoms with Crippen LogP contribution in [0.1, 0.15) is 52.9 Å². The van der Waals surface area contributed by atoms with Gasteiger partial charge in [-0.15, -0.1) is 0 Å². The van der Waals surface area contributed by atoms with Gasteiger partial charge in [0.15, 0.2) is 0 Å². The molecule has 0 saturated heterocycles. The van der Waals surface area contributed by atoms with Crippen molar-refractivity contribution >= 4 is 0 Å². The van der Waals surface area contributed by atoms with Crippen LogP contribution in [0.2, 0.25) is 0 Å². The van der Waals surface area contributed by atoms with Crippen molar-refractivity contribution in [2.45, 2.75) is 58.5 Å². The standard InChI is InChI=1S/C14H24O/c1-13(2,3)12-11-5-9-4-10(6-11)8-14(12,15)7-9/h9-12,15H,4-8H2,1-3H3/t9-,10?,11?,12?,14?/m0/s1.